The highest BCUT2D eigenvalue weighted by atomic mass is 16.5. The van der Waals surface area contributed by atoms with Crippen molar-refractivity contribution in [2.75, 3.05) is 26.8 Å². The van der Waals surface area contributed by atoms with E-state index < -0.39 is 0 Å². The number of hydrogen-bond donors (Lipinski definition) is 1. The molecule has 0 fully saturated rings. The Kier molecular flexibility index (Phi) is 6.33. The van der Waals surface area contributed by atoms with Crippen LogP contribution in [0.2, 0.25) is 0 Å². The van der Waals surface area contributed by atoms with E-state index in [1.807, 2.05) is 0 Å². The number of nitrogens with zero attached hydrogens (tertiary/aromatic N) is 1. The van der Waals surface area contributed by atoms with E-state index >= 15 is 0 Å². The first kappa shape index (κ1) is 13.9. The summed E-state index contributed by atoms with van der Waals surface area (Å²) in [5.41, 5.74) is 6.06. The summed E-state index contributed by atoms with van der Waals surface area (Å²) in [6.07, 6.45) is 1.00. The lowest BCUT2D eigenvalue weighted by Crippen LogP contribution is -2.50. The van der Waals surface area contributed by atoms with Crippen LogP contribution in [0.4, 0.5) is 0 Å². The van der Waals surface area contributed by atoms with Crippen LogP contribution < -0.4 is 5.73 Å². The summed E-state index contributed by atoms with van der Waals surface area (Å²) in [4.78, 5) is 2.37. The normalized spacial score (nSPS) is 18.2. The maximum atomic E-state index is 6.14. The third-order valence-electron chi connectivity index (χ3n) is 2.81. The first-order chi connectivity index (χ1) is 6.46. The van der Waals surface area contributed by atoms with E-state index in [-0.39, 0.29) is 5.54 Å². The molecule has 0 aromatic rings. The van der Waals surface area contributed by atoms with Crippen LogP contribution in [-0.2, 0) is 4.74 Å². The van der Waals surface area contributed by atoms with E-state index in [0.29, 0.717) is 6.04 Å². The molecule has 0 aliphatic rings. The molecule has 0 aliphatic heterocycles. The molecule has 0 rings (SSSR count). The van der Waals surface area contributed by atoms with E-state index in [1.54, 1.807) is 7.11 Å². The standard InChI is InChI=1S/C11H26N2O/c1-6-11(4,12)9-13(7-2)10(3)8-14-5/h10H,6-9,12H2,1-5H3. The minimum absolute atomic E-state index is 0.0853. The summed E-state index contributed by atoms with van der Waals surface area (Å²) >= 11 is 0. The van der Waals surface area contributed by atoms with E-state index in [2.05, 4.69) is 32.6 Å². The molecule has 0 saturated carbocycles. The lowest BCUT2D eigenvalue weighted by atomic mass is 9.99. The highest BCUT2D eigenvalue weighted by Gasteiger charge is 2.22. The predicted octanol–water partition coefficient (Wildman–Crippen LogP) is 1.47. The van der Waals surface area contributed by atoms with Crippen LogP contribution in [-0.4, -0.2) is 43.3 Å². The molecule has 86 valence electrons. The molecule has 3 heteroatoms. The smallest absolute Gasteiger partial charge is 0.0615 e. The number of methoxy groups -OCH3 is 1. The van der Waals surface area contributed by atoms with Gasteiger partial charge in [-0.1, -0.05) is 13.8 Å². The molecule has 0 saturated heterocycles. The van der Waals surface area contributed by atoms with Crippen molar-refractivity contribution in [1.29, 1.82) is 0 Å². The van der Waals surface area contributed by atoms with Gasteiger partial charge in [0.25, 0.3) is 0 Å². The molecule has 0 radical (unpaired) electrons. The predicted molar refractivity (Wildman–Crippen MR) is 61.5 cm³/mol. The summed E-state index contributed by atoms with van der Waals surface area (Å²) in [7, 11) is 1.74. The Bertz CT molecular complexity index is 148. The van der Waals surface area contributed by atoms with Crippen molar-refractivity contribution in [3.05, 3.63) is 0 Å². The molecular formula is C11H26N2O. The molecule has 0 aliphatic carbocycles. The number of rotatable bonds is 7. The van der Waals surface area contributed by atoms with Gasteiger partial charge in [-0.3, -0.25) is 4.90 Å². The summed E-state index contributed by atoms with van der Waals surface area (Å²) in [6, 6.07) is 0.444. The molecule has 0 amide bonds. The van der Waals surface area contributed by atoms with Gasteiger partial charge in [0.05, 0.1) is 6.61 Å². The minimum atomic E-state index is -0.0853. The van der Waals surface area contributed by atoms with Gasteiger partial charge in [0.15, 0.2) is 0 Å². The van der Waals surface area contributed by atoms with Crippen LogP contribution in [0.3, 0.4) is 0 Å². The van der Waals surface area contributed by atoms with Gasteiger partial charge in [-0.15, -0.1) is 0 Å². The molecule has 0 aromatic carbocycles. The molecule has 2 N–H and O–H groups in total. The monoisotopic (exact) mass is 202 g/mol. The van der Waals surface area contributed by atoms with Crippen molar-refractivity contribution in [2.45, 2.75) is 45.7 Å². The van der Waals surface area contributed by atoms with Gasteiger partial charge in [-0.25, -0.2) is 0 Å². The van der Waals surface area contributed by atoms with E-state index in [1.165, 1.54) is 0 Å². The highest BCUT2D eigenvalue weighted by Crippen LogP contribution is 2.10. The van der Waals surface area contributed by atoms with Crippen molar-refractivity contribution in [3.63, 3.8) is 0 Å². The minimum Gasteiger partial charge on any atom is -0.383 e. The third-order valence-corrected chi connectivity index (χ3v) is 2.81. The van der Waals surface area contributed by atoms with Crippen LogP contribution in [0, 0.1) is 0 Å². The number of hydrogen-bond acceptors (Lipinski definition) is 3. The van der Waals surface area contributed by atoms with Gasteiger partial charge in [0.2, 0.25) is 0 Å². The Morgan fingerprint density at radius 1 is 1.43 bits per heavy atom. The Morgan fingerprint density at radius 2 is 2.00 bits per heavy atom. The van der Waals surface area contributed by atoms with Crippen molar-refractivity contribution in [1.82, 2.24) is 4.90 Å². The van der Waals surface area contributed by atoms with Crippen LogP contribution in [0.25, 0.3) is 0 Å². The Labute approximate surface area is 88.6 Å². The topological polar surface area (TPSA) is 38.5 Å². The van der Waals surface area contributed by atoms with Crippen molar-refractivity contribution in [3.8, 4) is 0 Å². The lowest BCUT2D eigenvalue weighted by molar-refractivity contribution is 0.0877. The van der Waals surface area contributed by atoms with Gasteiger partial charge in [0.1, 0.15) is 0 Å². The Hall–Kier alpha value is -0.120. The third kappa shape index (κ3) is 4.94. The average Bonchev–Trinajstić information content (AvgIpc) is 2.14. The van der Waals surface area contributed by atoms with Gasteiger partial charge >= 0.3 is 0 Å². The maximum absolute atomic E-state index is 6.14. The fourth-order valence-electron chi connectivity index (χ4n) is 1.50. The SMILES string of the molecule is CCN(CC(C)(N)CC)C(C)COC. The summed E-state index contributed by atoms with van der Waals surface area (Å²) in [5.74, 6) is 0. The molecule has 3 nitrogen and oxygen atoms in total. The lowest BCUT2D eigenvalue weighted by Gasteiger charge is -2.34. The van der Waals surface area contributed by atoms with E-state index in [4.69, 9.17) is 10.5 Å². The number of nitrogens with two attached hydrogens (primary N) is 1. The maximum Gasteiger partial charge on any atom is 0.0615 e. The zero-order valence-corrected chi connectivity index (χ0v) is 10.3. The van der Waals surface area contributed by atoms with Crippen LogP contribution in [0.1, 0.15) is 34.1 Å². The Morgan fingerprint density at radius 3 is 2.36 bits per heavy atom. The molecule has 14 heavy (non-hydrogen) atoms. The van der Waals surface area contributed by atoms with Crippen molar-refractivity contribution in [2.24, 2.45) is 5.73 Å². The number of ether oxygens (including phenoxy) is 1. The second-order valence-corrected chi connectivity index (χ2v) is 4.38. The first-order valence-corrected chi connectivity index (χ1v) is 5.48. The van der Waals surface area contributed by atoms with Gasteiger partial charge in [-0.2, -0.15) is 0 Å². The molecular weight excluding hydrogens is 176 g/mol. The quantitative estimate of drug-likeness (QED) is 0.679. The van der Waals surface area contributed by atoms with Crippen molar-refractivity contribution >= 4 is 0 Å². The molecule has 0 aromatic heterocycles. The molecule has 2 atom stereocenters. The molecule has 0 bridgehead atoms. The van der Waals surface area contributed by atoms with Crippen LogP contribution >= 0.6 is 0 Å². The summed E-state index contributed by atoms with van der Waals surface area (Å²) in [5, 5.41) is 0. The van der Waals surface area contributed by atoms with E-state index in [9.17, 15) is 0 Å². The van der Waals surface area contributed by atoms with Gasteiger partial charge in [-0.05, 0) is 26.8 Å². The first-order valence-electron chi connectivity index (χ1n) is 5.48. The van der Waals surface area contributed by atoms with Gasteiger partial charge < -0.3 is 10.5 Å². The van der Waals surface area contributed by atoms with Crippen LogP contribution in [0.15, 0.2) is 0 Å². The average molecular weight is 202 g/mol. The molecule has 2 unspecified atom stereocenters. The highest BCUT2D eigenvalue weighted by molar-refractivity contribution is 4.82. The van der Waals surface area contributed by atoms with Crippen molar-refractivity contribution < 1.29 is 4.74 Å². The molecule has 0 spiro atoms. The van der Waals surface area contributed by atoms with Crippen LogP contribution in [0.5, 0.6) is 0 Å². The zero-order valence-electron chi connectivity index (χ0n) is 10.3. The summed E-state index contributed by atoms with van der Waals surface area (Å²) < 4.78 is 5.15. The second-order valence-electron chi connectivity index (χ2n) is 4.38. The van der Waals surface area contributed by atoms with Gasteiger partial charge in [0, 0.05) is 25.2 Å². The Balaban J connectivity index is 4.14. The molecule has 0 heterocycles. The zero-order chi connectivity index (χ0) is 11.2. The fraction of sp³-hybridized carbons (Fsp3) is 1.00. The summed E-state index contributed by atoms with van der Waals surface area (Å²) in [6.45, 7) is 11.3. The fourth-order valence-corrected chi connectivity index (χ4v) is 1.50. The second kappa shape index (κ2) is 6.38. The number of likely N-dealkylation sites (N-methyl/N-ethyl adjacent to an activating group) is 1. The largest absolute Gasteiger partial charge is 0.383 e. The van der Waals surface area contributed by atoms with E-state index in [0.717, 1.165) is 26.1 Å².